The van der Waals surface area contributed by atoms with Gasteiger partial charge in [0.1, 0.15) is 17.2 Å². The largest absolute Gasteiger partial charge is 0.382 e. The van der Waals surface area contributed by atoms with E-state index >= 15 is 4.39 Å². The van der Waals surface area contributed by atoms with Gasteiger partial charge in [-0.25, -0.2) is 19.3 Å². The number of halogens is 1. The number of carbonyl (C=O) groups is 1. The summed E-state index contributed by atoms with van der Waals surface area (Å²) >= 11 is 1.79. The van der Waals surface area contributed by atoms with Gasteiger partial charge in [-0.05, 0) is 37.1 Å². The molecule has 5 aromatic rings. The number of carbonyl (C=O) groups excluding carboxylic acids is 1. The van der Waals surface area contributed by atoms with Crippen LogP contribution in [0.4, 0.5) is 10.2 Å². The molecule has 0 fully saturated rings. The lowest BCUT2D eigenvalue weighted by atomic mass is 9.89. The van der Waals surface area contributed by atoms with Crippen molar-refractivity contribution < 1.29 is 9.18 Å². The van der Waals surface area contributed by atoms with Gasteiger partial charge < -0.3 is 15.2 Å². The molecule has 1 aliphatic heterocycles. The minimum absolute atomic E-state index is 0.0144. The molecule has 8 nitrogen and oxygen atoms in total. The molecule has 4 heterocycles. The highest BCUT2D eigenvalue weighted by Crippen LogP contribution is 2.48. The monoisotopic (exact) mass is 515 g/mol. The molecule has 1 aliphatic rings. The van der Waals surface area contributed by atoms with Crippen molar-refractivity contribution >= 4 is 40.0 Å². The maximum Gasteiger partial charge on any atom is 0.257 e. The Hall–Kier alpha value is -3.92. The molecule has 10 heteroatoms. The van der Waals surface area contributed by atoms with Gasteiger partial charge in [-0.3, -0.25) is 9.20 Å². The average molecular weight is 516 g/mol. The van der Waals surface area contributed by atoms with Crippen LogP contribution in [0.5, 0.6) is 0 Å². The molecule has 1 atom stereocenters. The highest BCUT2D eigenvalue weighted by atomic mass is 32.2. The normalized spacial score (nSPS) is 16.7. The molecular weight excluding hydrogens is 489 g/mol. The first-order chi connectivity index (χ1) is 17.7. The van der Waals surface area contributed by atoms with Crippen molar-refractivity contribution in [1.29, 1.82) is 0 Å². The first-order valence-electron chi connectivity index (χ1n) is 11.9. The van der Waals surface area contributed by atoms with E-state index in [1.165, 1.54) is 12.1 Å². The van der Waals surface area contributed by atoms with Crippen molar-refractivity contribution in [3.05, 3.63) is 77.9 Å². The van der Waals surface area contributed by atoms with Crippen LogP contribution in [0.1, 0.15) is 41.4 Å². The molecule has 0 saturated carbocycles. The number of nitrogen functional groups attached to an aromatic ring is 1. The number of anilines is 1. The van der Waals surface area contributed by atoms with E-state index in [1.807, 2.05) is 17.8 Å². The molecule has 0 saturated heterocycles. The van der Waals surface area contributed by atoms with Gasteiger partial charge in [0.15, 0.2) is 0 Å². The second-order valence-corrected chi connectivity index (χ2v) is 11.6. The molecule has 0 radical (unpaired) electrons. The number of hydrogen-bond acceptors (Lipinski definition) is 6. The van der Waals surface area contributed by atoms with Crippen LogP contribution in [0.25, 0.3) is 27.8 Å². The fourth-order valence-electron chi connectivity index (χ4n) is 5.13. The molecule has 1 amide bonds. The van der Waals surface area contributed by atoms with Crippen LogP contribution in [0.15, 0.2) is 55.4 Å². The maximum atomic E-state index is 15.3. The molecule has 188 valence electrons. The molecule has 37 heavy (non-hydrogen) atoms. The van der Waals surface area contributed by atoms with Crippen molar-refractivity contribution in [1.82, 2.24) is 28.8 Å². The third-order valence-electron chi connectivity index (χ3n) is 7.26. The Morgan fingerprint density at radius 1 is 1.16 bits per heavy atom. The number of fused-ring (bicyclic) bond motifs is 4. The minimum Gasteiger partial charge on any atom is -0.382 e. The van der Waals surface area contributed by atoms with E-state index in [1.54, 1.807) is 47.0 Å². The molecule has 0 aliphatic carbocycles. The second-order valence-electron chi connectivity index (χ2n) is 9.91. The van der Waals surface area contributed by atoms with Gasteiger partial charge in [0, 0.05) is 36.2 Å². The maximum absolute atomic E-state index is 15.3. The van der Waals surface area contributed by atoms with E-state index < -0.39 is 11.7 Å². The summed E-state index contributed by atoms with van der Waals surface area (Å²) in [6.45, 7) is 4.39. The van der Waals surface area contributed by atoms with Crippen LogP contribution in [0.2, 0.25) is 0 Å². The molecule has 0 bridgehead atoms. The Kier molecular flexibility index (Phi) is 5.27. The van der Waals surface area contributed by atoms with Gasteiger partial charge in [0.05, 0.1) is 53.4 Å². The molecule has 2 aromatic carbocycles. The minimum atomic E-state index is -0.633. The highest BCUT2D eigenvalue weighted by molar-refractivity contribution is 8.00. The number of hydrogen-bond donors (Lipinski definition) is 1. The molecular formula is C27H26FN7OS. The number of thioether (sulfide) groups is 1. The zero-order valence-electron chi connectivity index (χ0n) is 20.9. The topological polar surface area (TPSA) is 94.3 Å². The van der Waals surface area contributed by atoms with Crippen LogP contribution in [0.3, 0.4) is 0 Å². The Labute approximate surface area is 217 Å². The van der Waals surface area contributed by atoms with Crippen LogP contribution in [-0.2, 0) is 11.8 Å². The lowest BCUT2D eigenvalue weighted by Crippen LogP contribution is -2.37. The number of nitrogens with two attached hydrogens (primary N) is 1. The van der Waals surface area contributed by atoms with Gasteiger partial charge in [-0.1, -0.05) is 12.1 Å². The fourth-order valence-corrected chi connectivity index (χ4v) is 6.44. The lowest BCUT2D eigenvalue weighted by Gasteiger charge is -2.40. The van der Waals surface area contributed by atoms with Crippen LogP contribution in [0, 0.1) is 5.82 Å². The Morgan fingerprint density at radius 2 is 1.95 bits per heavy atom. The van der Waals surface area contributed by atoms with Crippen LogP contribution in [-0.4, -0.2) is 47.5 Å². The summed E-state index contributed by atoms with van der Waals surface area (Å²) in [5.41, 5.74) is 11.8. The standard InChI is InChI=1S/C27H26FN7OS/c1-27(2)18-7-15(22-10-30-13-33(22)3)5-6-16(18)24(12-37-27)34(4)26(36)17-8-21-20(9-19(17)28)32-25(29)23-11-31-14-35(21)23/h5-11,13-14,24H,12H2,1-4H3,(H2,29,32)/t24-/m1/s1. The SMILES string of the molecule is CN(C(=O)c1cc2c(cc1F)nc(N)c1cncn12)[C@@H]1CSC(C)(C)c2cc(-c3cncn3C)ccc21. The van der Waals surface area contributed by atoms with Crippen molar-refractivity contribution in [2.45, 2.75) is 24.6 Å². The number of aromatic nitrogens is 5. The van der Waals surface area contributed by atoms with E-state index in [-0.39, 0.29) is 22.2 Å². The smallest absolute Gasteiger partial charge is 0.257 e. The summed E-state index contributed by atoms with van der Waals surface area (Å²) in [5.74, 6) is -0.0703. The first-order valence-corrected chi connectivity index (χ1v) is 12.9. The average Bonchev–Trinajstić information content (AvgIpc) is 3.53. The predicted molar refractivity (Wildman–Crippen MR) is 144 cm³/mol. The number of nitrogens with zero attached hydrogens (tertiary/aromatic N) is 6. The number of imidazole rings is 2. The molecule has 0 unspecified atom stereocenters. The highest BCUT2D eigenvalue weighted by Gasteiger charge is 2.37. The van der Waals surface area contributed by atoms with Crippen molar-refractivity contribution in [3.63, 3.8) is 0 Å². The third-order valence-corrected chi connectivity index (χ3v) is 8.68. The van der Waals surface area contributed by atoms with Gasteiger partial charge in [0.25, 0.3) is 5.91 Å². The first kappa shape index (κ1) is 23.5. The van der Waals surface area contributed by atoms with Gasteiger partial charge >= 0.3 is 0 Å². The summed E-state index contributed by atoms with van der Waals surface area (Å²) in [6.07, 6.45) is 6.81. The van der Waals surface area contributed by atoms with Gasteiger partial charge in [-0.2, -0.15) is 0 Å². The summed E-state index contributed by atoms with van der Waals surface area (Å²) in [4.78, 5) is 28.0. The summed E-state index contributed by atoms with van der Waals surface area (Å²) in [7, 11) is 3.71. The molecule has 2 N–H and O–H groups in total. The van der Waals surface area contributed by atoms with Crippen molar-refractivity contribution in [3.8, 4) is 11.3 Å². The lowest BCUT2D eigenvalue weighted by molar-refractivity contribution is 0.0738. The fraction of sp³-hybridized carbons (Fsp3) is 0.259. The zero-order valence-corrected chi connectivity index (χ0v) is 21.8. The number of aryl methyl sites for hydroxylation is 1. The van der Waals surface area contributed by atoms with Gasteiger partial charge in [0.2, 0.25) is 0 Å². The molecule has 6 rings (SSSR count). The summed E-state index contributed by atoms with van der Waals surface area (Å²) < 4.78 is 18.8. The third kappa shape index (κ3) is 3.66. The summed E-state index contributed by atoms with van der Waals surface area (Å²) in [6, 6.07) is 8.93. The summed E-state index contributed by atoms with van der Waals surface area (Å²) in [5, 5.41) is 0. The second kappa shape index (κ2) is 8.31. The number of amides is 1. The Balaban J connectivity index is 1.41. The quantitative estimate of drug-likeness (QED) is 0.371. The molecule has 3 aromatic heterocycles. The Bertz CT molecular complexity index is 1710. The predicted octanol–water partition coefficient (Wildman–Crippen LogP) is 4.80. The van der Waals surface area contributed by atoms with E-state index in [2.05, 4.69) is 47.0 Å². The van der Waals surface area contributed by atoms with E-state index in [9.17, 15) is 4.79 Å². The zero-order chi connectivity index (χ0) is 26.1. The van der Waals surface area contributed by atoms with Gasteiger partial charge in [-0.15, -0.1) is 11.8 Å². The van der Waals surface area contributed by atoms with Crippen molar-refractivity contribution in [2.75, 3.05) is 18.5 Å². The van der Waals surface area contributed by atoms with E-state index in [4.69, 9.17) is 5.73 Å². The van der Waals surface area contributed by atoms with Crippen LogP contribution < -0.4 is 5.73 Å². The van der Waals surface area contributed by atoms with Crippen LogP contribution >= 0.6 is 11.8 Å². The number of rotatable bonds is 3. The van der Waals surface area contributed by atoms with Crippen molar-refractivity contribution in [2.24, 2.45) is 7.05 Å². The van der Waals surface area contributed by atoms with E-state index in [0.29, 0.717) is 22.3 Å². The number of benzene rings is 2. The van der Waals surface area contributed by atoms with E-state index in [0.717, 1.165) is 22.4 Å². The Morgan fingerprint density at radius 3 is 2.70 bits per heavy atom. The molecule has 0 spiro atoms.